The van der Waals surface area contributed by atoms with Gasteiger partial charge < -0.3 is 10.2 Å². The van der Waals surface area contributed by atoms with E-state index < -0.39 is 0 Å². The topological polar surface area (TPSA) is 15.3 Å². The van der Waals surface area contributed by atoms with Crippen LogP contribution in [-0.4, -0.2) is 37.6 Å². The molecule has 0 spiro atoms. The van der Waals surface area contributed by atoms with Gasteiger partial charge in [-0.2, -0.15) is 0 Å². The van der Waals surface area contributed by atoms with Crippen molar-refractivity contribution in [2.75, 3.05) is 26.7 Å². The molecule has 1 atom stereocenters. The van der Waals surface area contributed by atoms with Crippen LogP contribution in [0.2, 0.25) is 0 Å². The Labute approximate surface area is 83.7 Å². The molecule has 2 heteroatoms. The molecule has 0 saturated carbocycles. The fourth-order valence-corrected chi connectivity index (χ4v) is 1.53. The number of nitrogens with one attached hydrogen (secondary N) is 1. The monoisotopic (exact) mass is 186 g/mol. The first-order valence-electron chi connectivity index (χ1n) is 5.62. The summed E-state index contributed by atoms with van der Waals surface area (Å²) >= 11 is 0. The minimum Gasteiger partial charge on any atom is -0.313 e. The van der Waals surface area contributed by atoms with Crippen molar-refractivity contribution in [2.24, 2.45) is 0 Å². The summed E-state index contributed by atoms with van der Waals surface area (Å²) in [4.78, 5) is 2.38. The first-order chi connectivity index (χ1) is 6.20. The summed E-state index contributed by atoms with van der Waals surface area (Å²) < 4.78 is 0. The lowest BCUT2D eigenvalue weighted by Gasteiger charge is -2.18. The van der Waals surface area contributed by atoms with E-state index >= 15 is 0 Å². The molecule has 1 N–H and O–H groups in total. The van der Waals surface area contributed by atoms with Crippen LogP contribution < -0.4 is 5.32 Å². The third kappa shape index (κ3) is 8.26. The zero-order valence-electron chi connectivity index (χ0n) is 9.77. The summed E-state index contributed by atoms with van der Waals surface area (Å²) in [5, 5.41) is 3.53. The summed E-state index contributed by atoms with van der Waals surface area (Å²) in [6.45, 7) is 10.2. The lowest BCUT2D eigenvalue weighted by molar-refractivity contribution is 0.324. The summed E-state index contributed by atoms with van der Waals surface area (Å²) in [6, 6.07) is 0.681. The quantitative estimate of drug-likeness (QED) is 0.624. The van der Waals surface area contributed by atoms with E-state index in [0.717, 1.165) is 6.54 Å². The van der Waals surface area contributed by atoms with Gasteiger partial charge in [0.1, 0.15) is 0 Å². The molecule has 0 aliphatic heterocycles. The highest BCUT2D eigenvalue weighted by Crippen LogP contribution is 1.94. The average molecular weight is 186 g/mol. The first kappa shape index (κ1) is 12.9. The molecule has 13 heavy (non-hydrogen) atoms. The maximum atomic E-state index is 3.53. The Morgan fingerprint density at radius 1 is 1.15 bits per heavy atom. The molecule has 0 aliphatic carbocycles. The highest BCUT2D eigenvalue weighted by atomic mass is 15.1. The van der Waals surface area contributed by atoms with E-state index in [9.17, 15) is 0 Å². The Balaban J connectivity index is 3.23. The van der Waals surface area contributed by atoms with E-state index in [1.54, 1.807) is 0 Å². The van der Waals surface area contributed by atoms with Crippen molar-refractivity contribution >= 4 is 0 Å². The van der Waals surface area contributed by atoms with Gasteiger partial charge in [-0.25, -0.2) is 0 Å². The lowest BCUT2D eigenvalue weighted by Crippen LogP contribution is -2.34. The molecule has 0 radical (unpaired) electrons. The fraction of sp³-hybridized carbons (Fsp3) is 1.00. The van der Waals surface area contributed by atoms with Crippen LogP contribution in [0.3, 0.4) is 0 Å². The number of hydrogen-bond donors (Lipinski definition) is 1. The maximum absolute atomic E-state index is 3.53. The van der Waals surface area contributed by atoms with Crippen molar-refractivity contribution < 1.29 is 0 Å². The van der Waals surface area contributed by atoms with E-state index in [1.807, 2.05) is 0 Å². The van der Waals surface area contributed by atoms with Crippen molar-refractivity contribution in [2.45, 2.75) is 46.1 Å². The predicted molar refractivity (Wildman–Crippen MR) is 60.2 cm³/mol. The summed E-state index contributed by atoms with van der Waals surface area (Å²) in [7, 11) is 2.19. The SMILES string of the molecule is CCCC(C)NCCN(C)CCC. The van der Waals surface area contributed by atoms with Gasteiger partial charge in [0.05, 0.1) is 0 Å². The van der Waals surface area contributed by atoms with Crippen LogP contribution in [0.5, 0.6) is 0 Å². The third-order valence-corrected chi connectivity index (χ3v) is 2.31. The van der Waals surface area contributed by atoms with Crippen molar-refractivity contribution in [1.82, 2.24) is 10.2 Å². The number of likely N-dealkylation sites (N-methyl/N-ethyl adjacent to an activating group) is 1. The van der Waals surface area contributed by atoms with Gasteiger partial charge in [0.25, 0.3) is 0 Å². The van der Waals surface area contributed by atoms with Crippen LogP contribution in [0.15, 0.2) is 0 Å². The Morgan fingerprint density at radius 3 is 2.38 bits per heavy atom. The van der Waals surface area contributed by atoms with E-state index in [4.69, 9.17) is 0 Å². The van der Waals surface area contributed by atoms with E-state index in [1.165, 1.54) is 32.4 Å². The molecule has 0 fully saturated rings. The molecule has 0 aromatic heterocycles. The zero-order chi connectivity index (χ0) is 10.1. The standard InChI is InChI=1S/C11H26N2/c1-5-7-11(3)12-8-10-13(4)9-6-2/h11-12H,5-10H2,1-4H3. The minimum atomic E-state index is 0.681. The van der Waals surface area contributed by atoms with Gasteiger partial charge in [-0.15, -0.1) is 0 Å². The average Bonchev–Trinajstić information content (AvgIpc) is 2.05. The normalized spacial score (nSPS) is 13.6. The largest absolute Gasteiger partial charge is 0.313 e. The molecule has 2 nitrogen and oxygen atoms in total. The van der Waals surface area contributed by atoms with Crippen LogP contribution >= 0.6 is 0 Å². The van der Waals surface area contributed by atoms with Crippen LogP contribution in [0.4, 0.5) is 0 Å². The predicted octanol–water partition coefficient (Wildman–Crippen LogP) is 2.11. The molecule has 0 aliphatic rings. The molecule has 0 rings (SSSR count). The van der Waals surface area contributed by atoms with Gasteiger partial charge in [-0.3, -0.25) is 0 Å². The zero-order valence-corrected chi connectivity index (χ0v) is 9.77. The molecule has 0 aromatic carbocycles. The minimum absolute atomic E-state index is 0.681. The third-order valence-electron chi connectivity index (χ3n) is 2.31. The first-order valence-corrected chi connectivity index (χ1v) is 5.62. The van der Waals surface area contributed by atoms with Crippen LogP contribution in [0, 0.1) is 0 Å². The molecule has 0 bridgehead atoms. The molecule has 0 heterocycles. The van der Waals surface area contributed by atoms with Gasteiger partial charge in [0.15, 0.2) is 0 Å². The van der Waals surface area contributed by atoms with Crippen molar-refractivity contribution in [1.29, 1.82) is 0 Å². The second kappa shape index (κ2) is 8.52. The van der Waals surface area contributed by atoms with E-state index in [2.05, 4.69) is 38.0 Å². The Kier molecular flexibility index (Phi) is 8.46. The van der Waals surface area contributed by atoms with Gasteiger partial charge in [0.2, 0.25) is 0 Å². The molecular weight excluding hydrogens is 160 g/mol. The highest BCUT2D eigenvalue weighted by molar-refractivity contribution is 4.61. The van der Waals surface area contributed by atoms with Crippen LogP contribution in [0.1, 0.15) is 40.0 Å². The fourth-order valence-electron chi connectivity index (χ4n) is 1.53. The number of nitrogens with zero attached hydrogens (tertiary/aromatic N) is 1. The van der Waals surface area contributed by atoms with Crippen LogP contribution in [0.25, 0.3) is 0 Å². The summed E-state index contributed by atoms with van der Waals surface area (Å²) in [5.41, 5.74) is 0. The Morgan fingerprint density at radius 2 is 1.85 bits per heavy atom. The number of hydrogen-bond acceptors (Lipinski definition) is 2. The van der Waals surface area contributed by atoms with E-state index in [-0.39, 0.29) is 0 Å². The van der Waals surface area contributed by atoms with Crippen molar-refractivity contribution in [3.05, 3.63) is 0 Å². The van der Waals surface area contributed by atoms with E-state index in [0.29, 0.717) is 6.04 Å². The second-order valence-corrected chi connectivity index (χ2v) is 3.95. The second-order valence-electron chi connectivity index (χ2n) is 3.95. The van der Waals surface area contributed by atoms with Crippen molar-refractivity contribution in [3.8, 4) is 0 Å². The lowest BCUT2D eigenvalue weighted by atomic mass is 10.2. The summed E-state index contributed by atoms with van der Waals surface area (Å²) in [6.07, 6.45) is 3.82. The highest BCUT2D eigenvalue weighted by Gasteiger charge is 2.00. The smallest absolute Gasteiger partial charge is 0.0104 e. The number of rotatable bonds is 8. The molecule has 0 saturated heterocycles. The Bertz CT molecular complexity index is 92.3. The molecule has 0 aromatic rings. The van der Waals surface area contributed by atoms with Crippen molar-refractivity contribution in [3.63, 3.8) is 0 Å². The van der Waals surface area contributed by atoms with Crippen LogP contribution in [-0.2, 0) is 0 Å². The van der Waals surface area contributed by atoms with Gasteiger partial charge >= 0.3 is 0 Å². The summed E-state index contributed by atoms with van der Waals surface area (Å²) in [5.74, 6) is 0. The van der Waals surface area contributed by atoms with Gasteiger partial charge in [-0.1, -0.05) is 20.3 Å². The molecule has 0 amide bonds. The van der Waals surface area contributed by atoms with Gasteiger partial charge in [-0.05, 0) is 33.4 Å². The molecule has 1 unspecified atom stereocenters. The maximum Gasteiger partial charge on any atom is 0.0104 e. The van der Waals surface area contributed by atoms with Gasteiger partial charge in [0, 0.05) is 19.1 Å². The molecule has 80 valence electrons. The molecular formula is C11H26N2. The Hall–Kier alpha value is -0.0800.